The molecule has 0 aliphatic carbocycles. The largest absolute Gasteiger partial charge is 0.464 e. The van der Waals surface area contributed by atoms with Gasteiger partial charge in [0.15, 0.2) is 0 Å². The van der Waals surface area contributed by atoms with Crippen molar-refractivity contribution in [3.05, 3.63) is 23.7 Å². The van der Waals surface area contributed by atoms with E-state index >= 15 is 0 Å². The van der Waals surface area contributed by atoms with Crippen molar-refractivity contribution >= 4 is 5.91 Å². The van der Waals surface area contributed by atoms with Crippen LogP contribution in [0.1, 0.15) is 37.7 Å². The summed E-state index contributed by atoms with van der Waals surface area (Å²) in [7, 11) is 1.81. The molecule has 5 heteroatoms. The predicted molar refractivity (Wildman–Crippen MR) is 85.4 cm³/mol. The maximum Gasteiger partial charge on any atom is 0.236 e. The predicted octanol–water partition coefficient (Wildman–Crippen LogP) is 2.03. The number of carbonyl (C=O) groups excluding carboxylic acids is 1. The minimum atomic E-state index is 0.0666. The first-order valence-corrected chi connectivity index (χ1v) is 8.10. The molecular formula is C17H28N2O3. The van der Waals surface area contributed by atoms with E-state index in [1.807, 2.05) is 26.1 Å². The second-order valence-corrected chi connectivity index (χ2v) is 6.55. The Morgan fingerprint density at radius 3 is 2.59 bits per heavy atom. The van der Waals surface area contributed by atoms with Crippen molar-refractivity contribution in [2.45, 2.75) is 39.7 Å². The fourth-order valence-electron chi connectivity index (χ4n) is 3.01. The number of piperidine rings is 1. The fourth-order valence-corrected chi connectivity index (χ4v) is 3.01. The summed E-state index contributed by atoms with van der Waals surface area (Å²) in [5, 5.41) is 9.56. The summed E-state index contributed by atoms with van der Waals surface area (Å²) < 4.78 is 5.52. The van der Waals surface area contributed by atoms with Crippen LogP contribution in [0, 0.1) is 12.3 Å². The molecular weight excluding hydrogens is 280 g/mol. The van der Waals surface area contributed by atoms with Crippen LogP contribution >= 0.6 is 0 Å². The van der Waals surface area contributed by atoms with E-state index in [1.165, 1.54) is 0 Å². The Kier molecular flexibility index (Phi) is 5.64. The lowest BCUT2D eigenvalue weighted by Gasteiger charge is -2.40. The van der Waals surface area contributed by atoms with Gasteiger partial charge in [0.2, 0.25) is 5.91 Å². The van der Waals surface area contributed by atoms with Crippen LogP contribution in [0.3, 0.4) is 0 Å². The zero-order valence-corrected chi connectivity index (χ0v) is 14.0. The number of likely N-dealkylation sites (N-methyl/N-ethyl adjacent to an activating group) is 1. The van der Waals surface area contributed by atoms with E-state index in [0.717, 1.165) is 43.9 Å². The normalized spacial score (nSPS) is 18.4. The fraction of sp³-hybridized carbons (Fsp3) is 0.706. The molecule has 5 nitrogen and oxygen atoms in total. The minimum Gasteiger partial charge on any atom is -0.464 e. The average molecular weight is 308 g/mol. The monoisotopic (exact) mass is 308 g/mol. The van der Waals surface area contributed by atoms with Crippen molar-refractivity contribution in [1.29, 1.82) is 0 Å². The Morgan fingerprint density at radius 1 is 1.41 bits per heavy atom. The van der Waals surface area contributed by atoms with Crippen LogP contribution in [-0.2, 0) is 11.3 Å². The minimum absolute atomic E-state index is 0.0666. The van der Waals surface area contributed by atoms with Crippen molar-refractivity contribution in [3.8, 4) is 0 Å². The van der Waals surface area contributed by atoms with Gasteiger partial charge in [-0.05, 0) is 56.8 Å². The number of aliphatic hydroxyl groups is 1. The van der Waals surface area contributed by atoms with Crippen molar-refractivity contribution in [3.63, 3.8) is 0 Å². The number of amides is 1. The third-order valence-corrected chi connectivity index (χ3v) is 4.98. The SMILES string of the molecule is CCC1(CO)CCN(CC(=O)N(C)Cc2ccc(C)o2)CC1. The molecule has 1 aliphatic heterocycles. The maximum atomic E-state index is 12.3. The van der Waals surface area contributed by atoms with Crippen LogP contribution in [0.5, 0.6) is 0 Å². The molecule has 0 radical (unpaired) electrons. The lowest BCUT2D eigenvalue weighted by Crippen LogP contribution is -2.46. The summed E-state index contributed by atoms with van der Waals surface area (Å²) in [4.78, 5) is 16.2. The van der Waals surface area contributed by atoms with E-state index in [-0.39, 0.29) is 17.9 Å². The lowest BCUT2D eigenvalue weighted by atomic mass is 9.77. The van der Waals surface area contributed by atoms with Crippen LogP contribution in [0.15, 0.2) is 16.5 Å². The second kappa shape index (κ2) is 7.29. The quantitative estimate of drug-likeness (QED) is 0.873. The Hall–Kier alpha value is -1.33. The molecule has 1 aromatic rings. The second-order valence-electron chi connectivity index (χ2n) is 6.55. The molecule has 1 aromatic heterocycles. The van der Waals surface area contributed by atoms with Crippen LogP contribution < -0.4 is 0 Å². The molecule has 0 atom stereocenters. The van der Waals surface area contributed by atoms with Gasteiger partial charge in [-0.1, -0.05) is 6.92 Å². The Bertz CT molecular complexity index is 484. The van der Waals surface area contributed by atoms with Gasteiger partial charge in [-0.2, -0.15) is 0 Å². The van der Waals surface area contributed by atoms with E-state index in [4.69, 9.17) is 4.42 Å². The zero-order chi connectivity index (χ0) is 16.2. The Balaban J connectivity index is 1.80. The molecule has 124 valence electrons. The summed E-state index contributed by atoms with van der Waals surface area (Å²) in [6.45, 7) is 7.01. The molecule has 0 saturated carbocycles. The number of hydrogen-bond acceptors (Lipinski definition) is 4. The lowest BCUT2D eigenvalue weighted by molar-refractivity contribution is -0.132. The number of nitrogens with zero attached hydrogens (tertiary/aromatic N) is 2. The maximum absolute atomic E-state index is 12.3. The summed E-state index contributed by atoms with van der Waals surface area (Å²) in [6, 6.07) is 3.83. The molecule has 0 aromatic carbocycles. The van der Waals surface area contributed by atoms with Crippen LogP contribution in [0.25, 0.3) is 0 Å². The number of rotatable bonds is 6. The van der Waals surface area contributed by atoms with Gasteiger partial charge in [-0.15, -0.1) is 0 Å². The standard InChI is InChI=1S/C17H28N2O3/c1-4-17(13-20)7-9-19(10-8-17)12-16(21)18(3)11-15-6-5-14(2)22-15/h5-6,20H,4,7-13H2,1-3H3. The molecule has 1 N–H and O–H groups in total. The summed E-state index contributed by atoms with van der Waals surface area (Å²) in [5.41, 5.74) is 0.0666. The van der Waals surface area contributed by atoms with Gasteiger partial charge in [0.05, 0.1) is 13.1 Å². The first-order valence-electron chi connectivity index (χ1n) is 8.10. The number of aryl methyl sites for hydroxylation is 1. The zero-order valence-electron chi connectivity index (χ0n) is 14.0. The Labute approximate surface area is 132 Å². The first kappa shape index (κ1) is 17.0. The number of furan rings is 1. The van der Waals surface area contributed by atoms with Gasteiger partial charge in [-0.3, -0.25) is 9.69 Å². The molecule has 1 saturated heterocycles. The number of hydrogen-bond donors (Lipinski definition) is 1. The van der Waals surface area contributed by atoms with Gasteiger partial charge in [0.1, 0.15) is 11.5 Å². The van der Waals surface area contributed by atoms with Crippen molar-refractivity contribution in [2.75, 3.05) is 33.3 Å². The number of likely N-dealkylation sites (tertiary alicyclic amines) is 1. The van der Waals surface area contributed by atoms with Crippen LogP contribution in [-0.4, -0.2) is 54.1 Å². The van der Waals surface area contributed by atoms with Gasteiger partial charge in [-0.25, -0.2) is 0 Å². The van der Waals surface area contributed by atoms with E-state index in [2.05, 4.69) is 11.8 Å². The molecule has 2 rings (SSSR count). The van der Waals surface area contributed by atoms with Gasteiger partial charge >= 0.3 is 0 Å². The van der Waals surface area contributed by atoms with Crippen LogP contribution in [0.2, 0.25) is 0 Å². The topological polar surface area (TPSA) is 56.9 Å². The van der Waals surface area contributed by atoms with Crippen molar-refractivity contribution in [1.82, 2.24) is 9.80 Å². The highest BCUT2D eigenvalue weighted by Crippen LogP contribution is 2.34. The smallest absolute Gasteiger partial charge is 0.236 e. The summed E-state index contributed by atoms with van der Waals surface area (Å²) in [6.07, 6.45) is 2.94. The van der Waals surface area contributed by atoms with E-state index < -0.39 is 0 Å². The highest BCUT2D eigenvalue weighted by Gasteiger charge is 2.33. The first-order chi connectivity index (χ1) is 10.5. The van der Waals surface area contributed by atoms with Gasteiger partial charge in [0, 0.05) is 13.7 Å². The molecule has 0 spiro atoms. The molecule has 2 heterocycles. The van der Waals surface area contributed by atoms with E-state index in [9.17, 15) is 9.90 Å². The van der Waals surface area contributed by atoms with Gasteiger partial charge in [0.25, 0.3) is 0 Å². The molecule has 1 aliphatic rings. The van der Waals surface area contributed by atoms with Crippen molar-refractivity contribution in [2.24, 2.45) is 5.41 Å². The highest BCUT2D eigenvalue weighted by atomic mass is 16.3. The number of carbonyl (C=O) groups is 1. The molecule has 0 unspecified atom stereocenters. The number of aliphatic hydroxyl groups excluding tert-OH is 1. The highest BCUT2D eigenvalue weighted by molar-refractivity contribution is 5.77. The molecule has 0 bridgehead atoms. The third kappa shape index (κ3) is 4.11. The molecule has 1 amide bonds. The van der Waals surface area contributed by atoms with Crippen LogP contribution in [0.4, 0.5) is 0 Å². The summed E-state index contributed by atoms with van der Waals surface area (Å²) >= 11 is 0. The van der Waals surface area contributed by atoms with E-state index in [0.29, 0.717) is 13.1 Å². The van der Waals surface area contributed by atoms with E-state index in [1.54, 1.807) is 4.90 Å². The summed E-state index contributed by atoms with van der Waals surface area (Å²) in [5.74, 6) is 1.80. The third-order valence-electron chi connectivity index (χ3n) is 4.98. The molecule has 1 fully saturated rings. The average Bonchev–Trinajstić information content (AvgIpc) is 2.93. The molecule has 22 heavy (non-hydrogen) atoms. The Morgan fingerprint density at radius 2 is 2.09 bits per heavy atom. The van der Waals surface area contributed by atoms with Crippen molar-refractivity contribution < 1.29 is 14.3 Å². The van der Waals surface area contributed by atoms with Gasteiger partial charge < -0.3 is 14.4 Å².